The molecule has 0 aliphatic carbocycles. The fraction of sp³-hybridized carbons (Fsp3) is 0.417. The van der Waals surface area contributed by atoms with E-state index in [9.17, 15) is 0 Å². The summed E-state index contributed by atoms with van der Waals surface area (Å²) >= 11 is 0. The molecule has 1 aromatic carbocycles. The van der Waals surface area contributed by atoms with Crippen LogP contribution in [0.1, 0.15) is 11.4 Å². The van der Waals surface area contributed by atoms with Gasteiger partial charge in [0.15, 0.2) is 17.3 Å². The molecule has 0 spiro atoms. The van der Waals surface area contributed by atoms with E-state index in [0.29, 0.717) is 36.2 Å². The van der Waals surface area contributed by atoms with Crippen molar-refractivity contribution in [2.75, 3.05) is 21.3 Å². The zero-order valence-corrected chi connectivity index (χ0v) is 11.6. The zero-order valence-electron chi connectivity index (χ0n) is 11.6. The Morgan fingerprint density at radius 2 is 1.75 bits per heavy atom. The van der Waals surface area contributed by atoms with Gasteiger partial charge in [0.2, 0.25) is 5.75 Å². The summed E-state index contributed by atoms with van der Waals surface area (Å²) in [6.45, 7) is 1.14. The minimum Gasteiger partial charge on any atom is -0.493 e. The van der Waals surface area contributed by atoms with E-state index in [-0.39, 0.29) is 0 Å². The van der Waals surface area contributed by atoms with Crippen LogP contribution in [-0.2, 0) is 13.1 Å². The van der Waals surface area contributed by atoms with Crippen molar-refractivity contribution in [3.63, 3.8) is 0 Å². The summed E-state index contributed by atoms with van der Waals surface area (Å²) in [5.41, 5.74) is 1.00. The van der Waals surface area contributed by atoms with Crippen LogP contribution in [0.15, 0.2) is 12.1 Å². The van der Waals surface area contributed by atoms with E-state index in [1.54, 1.807) is 21.3 Å². The molecule has 0 fully saturated rings. The van der Waals surface area contributed by atoms with Gasteiger partial charge < -0.3 is 19.5 Å². The number of benzene rings is 1. The Labute approximate surface area is 116 Å². The smallest absolute Gasteiger partial charge is 0.203 e. The normalized spacial score (nSPS) is 10.3. The van der Waals surface area contributed by atoms with Crippen molar-refractivity contribution in [3.05, 3.63) is 23.5 Å². The highest BCUT2D eigenvalue weighted by Crippen LogP contribution is 2.38. The van der Waals surface area contributed by atoms with Crippen LogP contribution >= 0.6 is 0 Å². The van der Waals surface area contributed by atoms with Gasteiger partial charge in [-0.1, -0.05) is 5.21 Å². The Hall–Kier alpha value is -2.35. The fourth-order valence-electron chi connectivity index (χ4n) is 1.81. The fourth-order valence-corrected chi connectivity index (χ4v) is 1.81. The molecule has 0 saturated heterocycles. The second-order valence-electron chi connectivity index (χ2n) is 3.97. The Kier molecular flexibility index (Phi) is 4.72. The van der Waals surface area contributed by atoms with Crippen molar-refractivity contribution in [1.29, 1.82) is 0 Å². The number of nitrogens with zero attached hydrogens (tertiary/aromatic N) is 3. The summed E-state index contributed by atoms with van der Waals surface area (Å²) in [5.74, 6) is 2.45. The van der Waals surface area contributed by atoms with Crippen LogP contribution in [-0.4, -0.2) is 42.0 Å². The molecule has 0 saturated carbocycles. The van der Waals surface area contributed by atoms with Crippen molar-refractivity contribution in [1.82, 2.24) is 25.9 Å². The lowest BCUT2D eigenvalue weighted by Crippen LogP contribution is -2.14. The maximum absolute atomic E-state index is 5.30. The number of H-pyrrole nitrogens is 1. The number of hydrogen-bond donors (Lipinski definition) is 2. The summed E-state index contributed by atoms with van der Waals surface area (Å²) in [6.07, 6.45) is 0. The first-order valence-electron chi connectivity index (χ1n) is 6.00. The lowest BCUT2D eigenvalue weighted by atomic mass is 10.2. The van der Waals surface area contributed by atoms with E-state index in [2.05, 4.69) is 25.9 Å². The van der Waals surface area contributed by atoms with Crippen molar-refractivity contribution >= 4 is 0 Å². The molecule has 0 unspecified atom stereocenters. The third kappa shape index (κ3) is 3.15. The monoisotopic (exact) mass is 279 g/mol. The van der Waals surface area contributed by atoms with Gasteiger partial charge >= 0.3 is 0 Å². The van der Waals surface area contributed by atoms with E-state index < -0.39 is 0 Å². The molecule has 0 bridgehead atoms. The van der Waals surface area contributed by atoms with Crippen LogP contribution in [0.4, 0.5) is 0 Å². The first-order valence-corrected chi connectivity index (χ1v) is 6.00. The Balaban J connectivity index is 2.07. The molecule has 1 aromatic heterocycles. The second kappa shape index (κ2) is 6.71. The summed E-state index contributed by atoms with van der Waals surface area (Å²) < 4.78 is 15.9. The largest absolute Gasteiger partial charge is 0.493 e. The molecule has 2 rings (SSSR count). The third-order valence-electron chi connectivity index (χ3n) is 2.73. The van der Waals surface area contributed by atoms with Crippen molar-refractivity contribution in [3.8, 4) is 17.2 Å². The van der Waals surface area contributed by atoms with Gasteiger partial charge in [-0.3, -0.25) is 0 Å². The van der Waals surface area contributed by atoms with E-state index >= 15 is 0 Å². The molecular weight excluding hydrogens is 262 g/mol. The van der Waals surface area contributed by atoms with E-state index in [4.69, 9.17) is 14.2 Å². The number of hydrogen-bond acceptors (Lipinski definition) is 7. The molecule has 20 heavy (non-hydrogen) atoms. The first kappa shape index (κ1) is 14.1. The SMILES string of the molecule is COc1cc(CNCc2nn[nH]n2)cc(OC)c1OC. The molecule has 1 heterocycles. The Bertz CT molecular complexity index is 519. The highest BCUT2D eigenvalue weighted by Gasteiger charge is 2.12. The first-order chi connectivity index (χ1) is 9.78. The van der Waals surface area contributed by atoms with Crippen LogP contribution in [0.25, 0.3) is 0 Å². The molecular formula is C12H17N5O3. The van der Waals surface area contributed by atoms with E-state index in [0.717, 1.165) is 5.56 Å². The highest BCUT2D eigenvalue weighted by molar-refractivity contribution is 5.53. The van der Waals surface area contributed by atoms with Gasteiger partial charge in [-0.15, -0.1) is 10.2 Å². The maximum Gasteiger partial charge on any atom is 0.203 e. The van der Waals surface area contributed by atoms with Crippen LogP contribution in [0.5, 0.6) is 17.2 Å². The molecule has 2 N–H and O–H groups in total. The molecule has 0 radical (unpaired) electrons. The zero-order chi connectivity index (χ0) is 14.4. The molecule has 8 nitrogen and oxygen atoms in total. The standard InChI is InChI=1S/C12H17N5O3/c1-18-9-4-8(5-10(19-2)12(9)20-3)6-13-7-11-14-16-17-15-11/h4-5,13H,6-7H2,1-3H3,(H,14,15,16,17). The van der Waals surface area contributed by atoms with Crippen LogP contribution in [0.2, 0.25) is 0 Å². The number of tetrazole rings is 1. The summed E-state index contributed by atoms with van der Waals surface area (Å²) in [5, 5.41) is 16.8. The quantitative estimate of drug-likeness (QED) is 0.762. The van der Waals surface area contributed by atoms with Gasteiger partial charge in [-0.05, 0) is 17.7 Å². The average molecular weight is 279 g/mol. The van der Waals surface area contributed by atoms with Crippen LogP contribution in [0, 0.1) is 0 Å². The topological polar surface area (TPSA) is 94.2 Å². The van der Waals surface area contributed by atoms with Gasteiger partial charge in [0.05, 0.1) is 27.9 Å². The van der Waals surface area contributed by atoms with Gasteiger partial charge in [0.1, 0.15) is 0 Å². The number of rotatable bonds is 7. The lowest BCUT2D eigenvalue weighted by molar-refractivity contribution is 0.323. The lowest BCUT2D eigenvalue weighted by Gasteiger charge is -2.14. The van der Waals surface area contributed by atoms with Crippen molar-refractivity contribution in [2.45, 2.75) is 13.1 Å². The average Bonchev–Trinajstić information content (AvgIpc) is 2.99. The second-order valence-corrected chi connectivity index (χ2v) is 3.97. The minimum absolute atomic E-state index is 0.521. The maximum atomic E-state index is 5.30. The summed E-state index contributed by atoms with van der Waals surface area (Å²) in [4.78, 5) is 0. The van der Waals surface area contributed by atoms with Gasteiger partial charge in [-0.2, -0.15) is 5.21 Å². The van der Waals surface area contributed by atoms with Crippen molar-refractivity contribution in [2.24, 2.45) is 0 Å². The molecule has 8 heteroatoms. The summed E-state index contributed by atoms with van der Waals surface area (Å²) in [7, 11) is 4.76. The predicted molar refractivity (Wildman–Crippen MR) is 70.8 cm³/mol. The molecule has 0 aliphatic rings. The molecule has 0 amide bonds. The summed E-state index contributed by atoms with van der Waals surface area (Å²) in [6, 6.07) is 3.79. The predicted octanol–water partition coefficient (Wildman–Crippen LogP) is 0.515. The van der Waals surface area contributed by atoms with Crippen LogP contribution in [0.3, 0.4) is 0 Å². The van der Waals surface area contributed by atoms with Gasteiger partial charge in [0, 0.05) is 6.54 Å². The Morgan fingerprint density at radius 3 is 2.25 bits per heavy atom. The number of nitrogens with one attached hydrogen (secondary N) is 2. The minimum atomic E-state index is 0.521. The molecule has 0 aliphatic heterocycles. The number of aromatic amines is 1. The van der Waals surface area contributed by atoms with Gasteiger partial charge in [-0.25, -0.2) is 0 Å². The number of aromatic nitrogens is 4. The molecule has 108 valence electrons. The highest BCUT2D eigenvalue weighted by atomic mass is 16.5. The third-order valence-corrected chi connectivity index (χ3v) is 2.73. The molecule has 2 aromatic rings. The number of ether oxygens (including phenoxy) is 3. The molecule has 0 atom stereocenters. The van der Waals surface area contributed by atoms with Gasteiger partial charge in [0.25, 0.3) is 0 Å². The van der Waals surface area contributed by atoms with Crippen molar-refractivity contribution < 1.29 is 14.2 Å². The van der Waals surface area contributed by atoms with Crippen LogP contribution < -0.4 is 19.5 Å². The Morgan fingerprint density at radius 1 is 1.05 bits per heavy atom. The van der Waals surface area contributed by atoms with E-state index in [1.165, 1.54) is 0 Å². The van der Waals surface area contributed by atoms with E-state index in [1.807, 2.05) is 12.1 Å². The number of methoxy groups -OCH3 is 3.